The Hall–Kier alpha value is -3.26. The lowest BCUT2D eigenvalue weighted by molar-refractivity contribution is 0.0478. The Morgan fingerprint density at radius 2 is 1.89 bits per heavy atom. The molecule has 0 saturated carbocycles. The Kier molecular flexibility index (Phi) is 5.98. The molecule has 1 saturated heterocycles. The zero-order valence-electron chi connectivity index (χ0n) is 18.8. The van der Waals surface area contributed by atoms with E-state index in [0.29, 0.717) is 33.5 Å². The number of ether oxygens (including phenoxy) is 2. The lowest BCUT2D eigenvalue weighted by Gasteiger charge is -2.22. The van der Waals surface area contributed by atoms with Crippen molar-refractivity contribution in [2.45, 2.75) is 12.8 Å². The van der Waals surface area contributed by atoms with Crippen molar-refractivity contribution >= 4 is 43.9 Å². The fraction of sp³-hybridized carbons (Fsp3) is 0.222. The highest BCUT2D eigenvalue weighted by molar-refractivity contribution is 7.22. The average Bonchev–Trinajstić information content (AvgIpc) is 3.32. The standard InChI is InChI=1S/C27H22ClN3O3S/c28-21-8-4-3-7-20(21)24-13-22-25(35-24)26(32)31(23-15-29-14-18-5-1-2-6-19(18)23)27(30-22)34-16-17-9-11-33-12-10-17/h1-8,13-15,17H,9-12,16H2. The summed E-state index contributed by atoms with van der Waals surface area (Å²) in [5.74, 6) is 0.358. The monoisotopic (exact) mass is 503 g/mol. The molecule has 0 N–H and O–H groups in total. The van der Waals surface area contributed by atoms with E-state index >= 15 is 0 Å². The van der Waals surface area contributed by atoms with Crippen molar-refractivity contribution in [2.24, 2.45) is 5.92 Å². The number of aromatic nitrogens is 3. The fourth-order valence-corrected chi connectivity index (χ4v) is 5.81. The van der Waals surface area contributed by atoms with Gasteiger partial charge in [-0.1, -0.05) is 54.1 Å². The third kappa shape index (κ3) is 4.20. The molecule has 2 aromatic carbocycles. The molecule has 5 aromatic rings. The van der Waals surface area contributed by atoms with Crippen LogP contribution in [-0.2, 0) is 4.74 Å². The predicted molar refractivity (Wildman–Crippen MR) is 140 cm³/mol. The summed E-state index contributed by atoms with van der Waals surface area (Å²) in [6.45, 7) is 1.93. The smallest absolute Gasteiger partial charge is 0.304 e. The predicted octanol–water partition coefficient (Wildman–Crippen LogP) is 6.12. The Morgan fingerprint density at radius 1 is 1.09 bits per heavy atom. The van der Waals surface area contributed by atoms with E-state index in [9.17, 15) is 4.79 Å². The van der Waals surface area contributed by atoms with Crippen molar-refractivity contribution in [1.29, 1.82) is 0 Å². The van der Waals surface area contributed by atoms with Crippen molar-refractivity contribution in [3.8, 4) is 22.1 Å². The van der Waals surface area contributed by atoms with Crippen LogP contribution in [0.5, 0.6) is 6.01 Å². The molecule has 0 amide bonds. The van der Waals surface area contributed by atoms with Crippen molar-refractivity contribution < 1.29 is 9.47 Å². The largest absolute Gasteiger partial charge is 0.464 e. The lowest BCUT2D eigenvalue weighted by atomic mass is 10.0. The van der Waals surface area contributed by atoms with E-state index in [0.717, 1.165) is 47.3 Å². The molecule has 0 unspecified atom stereocenters. The number of pyridine rings is 1. The number of hydrogen-bond acceptors (Lipinski definition) is 6. The highest BCUT2D eigenvalue weighted by Gasteiger charge is 2.21. The van der Waals surface area contributed by atoms with Gasteiger partial charge in [0.2, 0.25) is 0 Å². The van der Waals surface area contributed by atoms with Crippen LogP contribution < -0.4 is 10.3 Å². The van der Waals surface area contributed by atoms with Crippen LogP contribution in [0.4, 0.5) is 0 Å². The fourth-order valence-electron chi connectivity index (χ4n) is 4.45. The number of benzene rings is 2. The number of hydrogen-bond donors (Lipinski definition) is 0. The van der Waals surface area contributed by atoms with Crippen LogP contribution in [0.25, 0.3) is 37.1 Å². The first-order chi connectivity index (χ1) is 17.2. The van der Waals surface area contributed by atoms with Gasteiger partial charge in [0.05, 0.1) is 24.0 Å². The maximum absolute atomic E-state index is 13.9. The van der Waals surface area contributed by atoms with E-state index in [4.69, 9.17) is 26.1 Å². The van der Waals surface area contributed by atoms with E-state index < -0.39 is 0 Å². The molecule has 0 atom stereocenters. The van der Waals surface area contributed by atoms with Crippen molar-refractivity contribution in [3.05, 3.63) is 82.4 Å². The minimum absolute atomic E-state index is 0.182. The van der Waals surface area contributed by atoms with Crippen molar-refractivity contribution in [1.82, 2.24) is 14.5 Å². The molecule has 176 valence electrons. The van der Waals surface area contributed by atoms with E-state index in [1.807, 2.05) is 54.6 Å². The third-order valence-electron chi connectivity index (χ3n) is 6.33. The number of halogens is 1. The van der Waals surface area contributed by atoms with Crippen LogP contribution in [0.15, 0.2) is 71.8 Å². The third-order valence-corrected chi connectivity index (χ3v) is 7.81. The Morgan fingerprint density at radius 3 is 2.74 bits per heavy atom. The lowest BCUT2D eigenvalue weighted by Crippen LogP contribution is -2.26. The topological polar surface area (TPSA) is 66.2 Å². The molecular weight excluding hydrogens is 482 g/mol. The number of fused-ring (bicyclic) bond motifs is 2. The van der Waals surface area contributed by atoms with Gasteiger partial charge in [0, 0.05) is 45.6 Å². The van der Waals surface area contributed by atoms with Gasteiger partial charge in [0.25, 0.3) is 5.56 Å². The van der Waals surface area contributed by atoms with Gasteiger partial charge >= 0.3 is 6.01 Å². The van der Waals surface area contributed by atoms with E-state index in [-0.39, 0.29) is 11.6 Å². The summed E-state index contributed by atoms with van der Waals surface area (Å²) in [4.78, 5) is 24.1. The Labute approximate surface area is 210 Å². The summed E-state index contributed by atoms with van der Waals surface area (Å²) in [5.41, 5.74) is 1.94. The molecule has 0 aliphatic carbocycles. The maximum Gasteiger partial charge on any atom is 0.304 e. The molecule has 35 heavy (non-hydrogen) atoms. The maximum atomic E-state index is 13.9. The summed E-state index contributed by atoms with van der Waals surface area (Å²) in [6.07, 6.45) is 5.34. The number of thiophene rings is 1. The first-order valence-corrected chi connectivity index (χ1v) is 12.7. The Balaban J connectivity index is 1.53. The molecule has 1 aliphatic heterocycles. The second kappa shape index (κ2) is 9.41. The van der Waals surface area contributed by atoms with Crippen molar-refractivity contribution in [2.75, 3.05) is 19.8 Å². The molecule has 0 radical (unpaired) electrons. The molecule has 0 spiro atoms. The highest BCUT2D eigenvalue weighted by Crippen LogP contribution is 2.36. The normalized spacial score (nSPS) is 14.5. The van der Waals surface area contributed by atoms with Crippen LogP contribution in [0.1, 0.15) is 12.8 Å². The van der Waals surface area contributed by atoms with Gasteiger partial charge in [0.15, 0.2) is 0 Å². The number of nitrogens with zero attached hydrogens (tertiary/aromatic N) is 3. The number of rotatable bonds is 5. The van der Waals surface area contributed by atoms with Crippen LogP contribution in [0, 0.1) is 5.92 Å². The molecule has 6 nitrogen and oxygen atoms in total. The molecule has 8 heteroatoms. The second-order valence-electron chi connectivity index (χ2n) is 8.59. The molecule has 6 rings (SSSR count). The summed E-state index contributed by atoms with van der Waals surface area (Å²) < 4.78 is 13.8. The van der Waals surface area contributed by atoms with E-state index in [1.165, 1.54) is 11.3 Å². The average molecular weight is 504 g/mol. The van der Waals surface area contributed by atoms with E-state index in [1.54, 1.807) is 17.0 Å². The minimum Gasteiger partial charge on any atom is -0.464 e. The van der Waals surface area contributed by atoms with Gasteiger partial charge in [-0.25, -0.2) is 4.57 Å². The Bertz CT molecular complexity index is 1590. The van der Waals surface area contributed by atoms with Gasteiger partial charge in [-0.05, 0) is 30.9 Å². The van der Waals surface area contributed by atoms with Crippen LogP contribution in [-0.4, -0.2) is 34.4 Å². The van der Waals surface area contributed by atoms with Crippen LogP contribution >= 0.6 is 22.9 Å². The van der Waals surface area contributed by atoms with Crippen LogP contribution in [0.2, 0.25) is 5.02 Å². The zero-order chi connectivity index (χ0) is 23.8. The minimum atomic E-state index is -0.182. The van der Waals surface area contributed by atoms with Crippen LogP contribution in [0.3, 0.4) is 0 Å². The second-order valence-corrected chi connectivity index (χ2v) is 10.0. The van der Waals surface area contributed by atoms with Crippen molar-refractivity contribution in [3.63, 3.8) is 0 Å². The summed E-state index contributed by atoms with van der Waals surface area (Å²) >= 11 is 7.83. The van der Waals surface area contributed by atoms with Gasteiger partial charge in [0.1, 0.15) is 4.70 Å². The quantitative estimate of drug-likeness (QED) is 0.289. The van der Waals surface area contributed by atoms with E-state index in [2.05, 4.69) is 4.98 Å². The van der Waals surface area contributed by atoms with Gasteiger partial charge < -0.3 is 9.47 Å². The first-order valence-electron chi connectivity index (χ1n) is 11.5. The molecule has 1 aliphatic rings. The summed E-state index contributed by atoms with van der Waals surface area (Å²) in [6, 6.07) is 17.7. The molecular formula is C27H22ClN3O3S. The zero-order valence-corrected chi connectivity index (χ0v) is 20.4. The van der Waals surface area contributed by atoms with Gasteiger partial charge in [-0.3, -0.25) is 9.78 Å². The molecule has 0 bridgehead atoms. The summed E-state index contributed by atoms with van der Waals surface area (Å²) in [5, 5.41) is 2.48. The van der Waals surface area contributed by atoms with Gasteiger partial charge in [-0.15, -0.1) is 11.3 Å². The molecule has 4 heterocycles. The highest BCUT2D eigenvalue weighted by atomic mass is 35.5. The molecule has 3 aromatic heterocycles. The molecule has 1 fully saturated rings. The van der Waals surface area contributed by atoms with Gasteiger partial charge in [-0.2, -0.15) is 4.98 Å². The first kappa shape index (κ1) is 22.2. The SMILES string of the molecule is O=c1c2sc(-c3ccccc3Cl)cc2nc(OCC2CCOCC2)n1-c1cncc2ccccc12. The summed E-state index contributed by atoms with van der Waals surface area (Å²) in [7, 11) is 0.